The average molecular weight is 608 g/mol. The van der Waals surface area contributed by atoms with Gasteiger partial charge in [-0.1, -0.05) is 105 Å². The summed E-state index contributed by atoms with van der Waals surface area (Å²) in [7, 11) is 2.09. The molecule has 246 valence electrons. The fraction of sp³-hybridized carbons (Fsp3) is 0.500. The highest BCUT2D eigenvalue weighted by molar-refractivity contribution is 5.72. The number of nitrogens with zero attached hydrogens (tertiary/aromatic N) is 4. The number of amides is 1. The number of carbonyl (C=O) groups is 1. The maximum absolute atomic E-state index is 11.0. The number of hydrogen-bond donors (Lipinski definition) is 3. The first kappa shape index (κ1) is 42.4. The number of hydrogen-bond acceptors (Lipinski definition) is 7. The molecule has 44 heavy (non-hydrogen) atoms. The first-order chi connectivity index (χ1) is 21.3. The quantitative estimate of drug-likeness (QED) is 0.168. The van der Waals surface area contributed by atoms with Crippen LogP contribution in [-0.2, 0) is 11.2 Å². The number of unbranched alkanes of at least 4 members (excludes halogenated alkanes) is 1. The Morgan fingerprint density at radius 1 is 0.864 bits per heavy atom. The highest BCUT2D eigenvalue weighted by atomic mass is 16.1. The van der Waals surface area contributed by atoms with Crippen LogP contribution < -0.4 is 16.0 Å². The number of nitrogens with one attached hydrogen (secondary N) is 3. The van der Waals surface area contributed by atoms with Crippen LogP contribution in [0.3, 0.4) is 0 Å². The summed E-state index contributed by atoms with van der Waals surface area (Å²) >= 11 is 0. The summed E-state index contributed by atoms with van der Waals surface area (Å²) in [6, 6.07) is 17.8. The molecule has 0 unspecified atom stereocenters. The van der Waals surface area contributed by atoms with E-state index in [1.807, 2.05) is 103 Å². The van der Waals surface area contributed by atoms with Gasteiger partial charge in [0.25, 0.3) is 0 Å². The van der Waals surface area contributed by atoms with Crippen molar-refractivity contribution in [3.8, 4) is 11.4 Å². The standard InChI is InChI=1S/C22H32N6O.C8H11N.3C2H6/c1-5-6-14-28(4)16-17(2)25-21-15-20(24-13-12-23-18(3)29)26-22(27-21)19-10-8-7-9-11-19;1-3-8-6-4-5-7(2)9-8;3*1-2/h7-11,15H,2,5-6,12-14,16H2,1,3-4H3,(H,23,29)(H2,24,25,26,27);4-6H,3H2,1-2H3;3*1-2H3. The molecule has 8 heteroatoms. The van der Waals surface area contributed by atoms with Gasteiger partial charge in [-0.3, -0.25) is 9.78 Å². The zero-order chi connectivity index (χ0) is 33.8. The van der Waals surface area contributed by atoms with E-state index >= 15 is 0 Å². The molecule has 0 aliphatic heterocycles. The summed E-state index contributed by atoms with van der Waals surface area (Å²) in [5, 5.41) is 9.33. The second-order valence-electron chi connectivity index (χ2n) is 9.18. The second kappa shape index (κ2) is 28.0. The Morgan fingerprint density at radius 2 is 1.50 bits per heavy atom. The predicted molar refractivity (Wildman–Crippen MR) is 192 cm³/mol. The largest absolute Gasteiger partial charge is 0.368 e. The van der Waals surface area contributed by atoms with Crippen LogP contribution in [0, 0.1) is 6.92 Å². The lowest BCUT2D eigenvalue weighted by Gasteiger charge is -2.19. The molecule has 8 nitrogen and oxygen atoms in total. The number of anilines is 2. The van der Waals surface area contributed by atoms with Crippen molar-refractivity contribution < 1.29 is 4.79 Å². The number of pyridine rings is 1. The Kier molecular flexibility index (Phi) is 27.0. The molecule has 3 aromatic rings. The van der Waals surface area contributed by atoms with Crippen molar-refractivity contribution in [1.82, 2.24) is 25.2 Å². The SMILES string of the molecule is C=C(CN(C)CCCC)Nc1cc(NCCNC(C)=O)nc(-c2ccccc2)n1.CC.CC.CC.CCc1cccc(C)n1. The normalized spacial score (nSPS) is 9.36. The van der Waals surface area contributed by atoms with Gasteiger partial charge in [-0.15, -0.1) is 0 Å². The molecule has 0 saturated carbocycles. The third-order valence-electron chi connectivity index (χ3n) is 5.53. The number of benzene rings is 1. The van der Waals surface area contributed by atoms with E-state index in [0.717, 1.165) is 42.9 Å². The fourth-order valence-electron chi connectivity index (χ4n) is 3.60. The van der Waals surface area contributed by atoms with Gasteiger partial charge in [0, 0.05) is 55.3 Å². The molecule has 0 atom stereocenters. The zero-order valence-corrected chi connectivity index (χ0v) is 29.6. The number of likely N-dealkylation sites (N-methyl/N-ethyl adjacent to an activating group) is 1. The predicted octanol–water partition coefficient (Wildman–Crippen LogP) is 8.38. The molecule has 1 aromatic carbocycles. The molecular weight excluding hydrogens is 546 g/mol. The van der Waals surface area contributed by atoms with E-state index in [1.54, 1.807) is 0 Å². The Balaban J connectivity index is 0. The highest BCUT2D eigenvalue weighted by Crippen LogP contribution is 2.21. The molecule has 0 bridgehead atoms. The lowest BCUT2D eigenvalue weighted by atomic mass is 10.2. The van der Waals surface area contributed by atoms with Crippen molar-refractivity contribution in [3.63, 3.8) is 0 Å². The van der Waals surface area contributed by atoms with Crippen LogP contribution in [0.4, 0.5) is 11.6 Å². The van der Waals surface area contributed by atoms with Gasteiger partial charge in [-0.05, 0) is 45.5 Å². The molecule has 0 saturated heterocycles. The van der Waals surface area contributed by atoms with Gasteiger partial charge in [0.1, 0.15) is 11.6 Å². The van der Waals surface area contributed by atoms with Crippen molar-refractivity contribution in [2.45, 2.75) is 88.5 Å². The zero-order valence-electron chi connectivity index (χ0n) is 29.6. The average Bonchev–Trinajstić information content (AvgIpc) is 3.05. The third-order valence-corrected chi connectivity index (χ3v) is 5.53. The maximum Gasteiger partial charge on any atom is 0.216 e. The van der Waals surface area contributed by atoms with Gasteiger partial charge in [-0.2, -0.15) is 0 Å². The smallest absolute Gasteiger partial charge is 0.216 e. The van der Waals surface area contributed by atoms with E-state index in [2.05, 4.69) is 63.3 Å². The van der Waals surface area contributed by atoms with E-state index in [-0.39, 0.29) is 5.91 Å². The van der Waals surface area contributed by atoms with Crippen LogP contribution in [0.2, 0.25) is 0 Å². The second-order valence-corrected chi connectivity index (χ2v) is 9.18. The number of aromatic nitrogens is 3. The summed E-state index contributed by atoms with van der Waals surface area (Å²) in [5.74, 6) is 1.96. The Bertz CT molecular complexity index is 1140. The highest BCUT2D eigenvalue weighted by Gasteiger charge is 2.09. The topological polar surface area (TPSA) is 95.1 Å². The van der Waals surface area contributed by atoms with E-state index in [1.165, 1.54) is 19.0 Å². The van der Waals surface area contributed by atoms with Gasteiger partial charge < -0.3 is 20.9 Å². The summed E-state index contributed by atoms with van der Waals surface area (Å²) in [4.78, 5) is 26.8. The van der Waals surface area contributed by atoms with Gasteiger partial charge in [0.15, 0.2) is 5.82 Å². The van der Waals surface area contributed by atoms with Crippen LogP contribution in [-0.4, -0.2) is 59.0 Å². The van der Waals surface area contributed by atoms with Crippen molar-refractivity contribution in [3.05, 3.63) is 78.3 Å². The molecule has 0 fully saturated rings. The fourth-order valence-corrected chi connectivity index (χ4v) is 3.60. The van der Waals surface area contributed by atoms with E-state index in [9.17, 15) is 4.79 Å². The van der Waals surface area contributed by atoms with Crippen molar-refractivity contribution in [1.29, 1.82) is 0 Å². The van der Waals surface area contributed by atoms with E-state index in [0.29, 0.717) is 30.5 Å². The Hall–Kier alpha value is -3.78. The van der Waals surface area contributed by atoms with Gasteiger partial charge in [-0.25, -0.2) is 9.97 Å². The lowest BCUT2D eigenvalue weighted by Crippen LogP contribution is -2.26. The van der Waals surface area contributed by atoms with Crippen LogP contribution in [0.5, 0.6) is 0 Å². The van der Waals surface area contributed by atoms with Crippen molar-refractivity contribution in [2.75, 3.05) is 43.9 Å². The molecule has 3 N–H and O–H groups in total. The molecule has 0 spiro atoms. The van der Waals surface area contributed by atoms with Gasteiger partial charge >= 0.3 is 0 Å². The minimum Gasteiger partial charge on any atom is -0.368 e. The molecule has 2 aromatic heterocycles. The molecule has 1 amide bonds. The lowest BCUT2D eigenvalue weighted by molar-refractivity contribution is -0.118. The molecule has 0 radical (unpaired) electrons. The van der Waals surface area contributed by atoms with Crippen LogP contribution in [0.25, 0.3) is 11.4 Å². The van der Waals surface area contributed by atoms with Crippen LogP contribution in [0.15, 0.2) is 66.9 Å². The Morgan fingerprint density at radius 3 is 2.05 bits per heavy atom. The summed E-state index contributed by atoms with van der Waals surface area (Å²) in [6.45, 7) is 26.8. The number of aryl methyl sites for hydroxylation is 2. The van der Waals surface area contributed by atoms with E-state index < -0.39 is 0 Å². The minimum absolute atomic E-state index is 0.0506. The summed E-state index contributed by atoms with van der Waals surface area (Å²) in [5.41, 5.74) is 4.10. The third kappa shape index (κ3) is 20.2. The maximum atomic E-state index is 11.0. The minimum atomic E-state index is -0.0506. The molecule has 2 heterocycles. The first-order valence-corrected chi connectivity index (χ1v) is 16.3. The van der Waals surface area contributed by atoms with Gasteiger partial charge in [0.05, 0.1) is 0 Å². The Labute approximate surface area is 269 Å². The molecule has 3 rings (SSSR count). The van der Waals surface area contributed by atoms with Crippen LogP contribution >= 0.6 is 0 Å². The van der Waals surface area contributed by atoms with E-state index in [4.69, 9.17) is 0 Å². The van der Waals surface area contributed by atoms with Gasteiger partial charge in [0.2, 0.25) is 5.91 Å². The monoisotopic (exact) mass is 607 g/mol. The number of carbonyl (C=O) groups excluding carboxylic acids is 1. The van der Waals surface area contributed by atoms with Crippen molar-refractivity contribution >= 4 is 17.5 Å². The van der Waals surface area contributed by atoms with Crippen molar-refractivity contribution in [2.24, 2.45) is 0 Å². The molecule has 0 aliphatic carbocycles. The molecular formula is C36H61N7O. The summed E-state index contributed by atoms with van der Waals surface area (Å²) < 4.78 is 0. The number of rotatable bonds is 13. The first-order valence-electron chi connectivity index (χ1n) is 16.3. The van der Waals surface area contributed by atoms with Crippen LogP contribution in [0.1, 0.15) is 86.5 Å². The summed E-state index contributed by atoms with van der Waals surface area (Å²) in [6.07, 6.45) is 3.36. The molecule has 0 aliphatic rings.